The van der Waals surface area contributed by atoms with Crippen LogP contribution in [0, 0.1) is 0 Å². The van der Waals surface area contributed by atoms with Crippen molar-refractivity contribution in [3.05, 3.63) is 54.3 Å². The van der Waals surface area contributed by atoms with E-state index in [1.165, 1.54) is 0 Å². The van der Waals surface area contributed by atoms with Crippen LogP contribution in [-0.2, 0) is 14.2 Å². The first-order valence-electron chi connectivity index (χ1n) is 6.70. The number of allylic oxidation sites excluding steroid dienone is 1. The molecule has 0 bridgehead atoms. The highest BCUT2D eigenvalue weighted by atomic mass is 16.7. The van der Waals surface area contributed by atoms with E-state index in [1.54, 1.807) is 13.2 Å². The SMILES string of the molecule is C=CC1=CC[C@H]2O[C@@H](c3ccc(OC)cc3)OC[C@@H]2O1. The molecule has 1 aromatic carbocycles. The highest BCUT2D eigenvalue weighted by Gasteiger charge is 2.35. The monoisotopic (exact) mass is 274 g/mol. The Hall–Kier alpha value is -1.78. The average molecular weight is 274 g/mol. The van der Waals surface area contributed by atoms with E-state index in [0.29, 0.717) is 6.61 Å². The van der Waals surface area contributed by atoms with E-state index < -0.39 is 0 Å². The summed E-state index contributed by atoms with van der Waals surface area (Å²) in [7, 11) is 1.65. The maximum Gasteiger partial charge on any atom is 0.184 e. The maximum atomic E-state index is 5.98. The molecule has 2 heterocycles. The van der Waals surface area contributed by atoms with E-state index in [4.69, 9.17) is 18.9 Å². The van der Waals surface area contributed by atoms with E-state index in [9.17, 15) is 0 Å². The van der Waals surface area contributed by atoms with Crippen molar-refractivity contribution in [2.45, 2.75) is 24.9 Å². The lowest BCUT2D eigenvalue weighted by Crippen LogP contribution is -2.43. The molecule has 106 valence electrons. The number of benzene rings is 1. The van der Waals surface area contributed by atoms with Crippen molar-refractivity contribution in [3.63, 3.8) is 0 Å². The van der Waals surface area contributed by atoms with Crippen molar-refractivity contribution in [1.82, 2.24) is 0 Å². The molecule has 4 nitrogen and oxygen atoms in total. The lowest BCUT2D eigenvalue weighted by atomic mass is 10.1. The van der Waals surface area contributed by atoms with Gasteiger partial charge in [-0.05, 0) is 30.7 Å². The molecule has 1 aromatic rings. The van der Waals surface area contributed by atoms with Crippen molar-refractivity contribution >= 4 is 0 Å². The zero-order valence-electron chi connectivity index (χ0n) is 11.5. The second kappa shape index (κ2) is 5.69. The van der Waals surface area contributed by atoms with Gasteiger partial charge < -0.3 is 18.9 Å². The van der Waals surface area contributed by atoms with Crippen molar-refractivity contribution < 1.29 is 18.9 Å². The van der Waals surface area contributed by atoms with Crippen LogP contribution in [0.5, 0.6) is 5.75 Å². The van der Waals surface area contributed by atoms with Crippen LogP contribution in [0.4, 0.5) is 0 Å². The summed E-state index contributed by atoms with van der Waals surface area (Å²) in [5.41, 5.74) is 0.989. The molecule has 2 aliphatic rings. The van der Waals surface area contributed by atoms with Gasteiger partial charge in [0.05, 0.1) is 13.7 Å². The van der Waals surface area contributed by atoms with Crippen molar-refractivity contribution in [2.24, 2.45) is 0 Å². The van der Waals surface area contributed by atoms with E-state index in [0.717, 1.165) is 23.5 Å². The third kappa shape index (κ3) is 2.57. The number of hydrogen-bond donors (Lipinski definition) is 0. The molecule has 20 heavy (non-hydrogen) atoms. The first-order valence-corrected chi connectivity index (χ1v) is 6.70. The summed E-state index contributed by atoms with van der Waals surface area (Å²) < 4.78 is 22.6. The second-order valence-electron chi connectivity index (χ2n) is 4.82. The molecule has 0 N–H and O–H groups in total. The van der Waals surface area contributed by atoms with E-state index in [2.05, 4.69) is 6.58 Å². The third-order valence-corrected chi connectivity index (χ3v) is 3.55. The standard InChI is InChI=1S/C16H18O4/c1-3-12-8-9-14-15(19-12)10-18-16(20-14)11-4-6-13(17-2)7-5-11/h3-8,14-16H,1,9-10H2,2H3/t14-,15+,16+/m1/s1. The van der Waals surface area contributed by atoms with Gasteiger partial charge in [0.15, 0.2) is 6.29 Å². The zero-order valence-corrected chi connectivity index (χ0v) is 11.5. The van der Waals surface area contributed by atoms with Gasteiger partial charge in [-0.1, -0.05) is 18.7 Å². The van der Waals surface area contributed by atoms with Crippen LogP contribution in [0.25, 0.3) is 0 Å². The van der Waals surface area contributed by atoms with Crippen LogP contribution in [0.1, 0.15) is 18.3 Å². The summed E-state index contributed by atoms with van der Waals surface area (Å²) in [6, 6.07) is 7.72. The predicted octanol–water partition coefficient (Wildman–Crippen LogP) is 2.97. The second-order valence-corrected chi connectivity index (χ2v) is 4.82. The van der Waals surface area contributed by atoms with Crippen LogP contribution in [0.2, 0.25) is 0 Å². The van der Waals surface area contributed by atoms with Gasteiger partial charge in [0.25, 0.3) is 0 Å². The molecule has 0 saturated carbocycles. The molecule has 0 amide bonds. The van der Waals surface area contributed by atoms with Gasteiger partial charge in [0.2, 0.25) is 0 Å². The molecule has 4 heteroatoms. The Bertz CT molecular complexity index is 506. The highest BCUT2D eigenvalue weighted by molar-refractivity contribution is 5.28. The quantitative estimate of drug-likeness (QED) is 0.849. The number of hydrogen-bond acceptors (Lipinski definition) is 4. The molecule has 2 aliphatic heterocycles. The molecule has 0 aliphatic carbocycles. The fraction of sp³-hybridized carbons (Fsp3) is 0.375. The number of rotatable bonds is 3. The van der Waals surface area contributed by atoms with Gasteiger partial charge in [-0.3, -0.25) is 0 Å². The largest absolute Gasteiger partial charge is 0.497 e. The van der Waals surface area contributed by atoms with Gasteiger partial charge in [-0.25, -0.2) is 0 Å². The minimum Gasteiger partial charge on any atom is -0.497 e. The van der Waals surface area contributed by atoms with Crippen LogP contribution < -0.4 is 4.74 Å². The summed E-state index contributed by atoms with van der Waals surface area (Å²) >= 11 is 0. The van der Waals surface area contributed by atoms with Gasteiger partial charge >= 0.3 is 0 Å². The van der Waals surface area contributed by atoms with E-state index in [1.807, 2.05) is 30.3 Å². The van der Waals surface area contributed by atoms with E-state index in [-0.39, 0.29) is 18.5 Å². The maximum absolute atomic E-state index is 5.98. The third-order valence-electron chi connectivity index (χ3n) is 3.55. The van der Waals surface area contributed by atoms with Crippen molar-refractivity contribution in [2.75, 3.05) is 13.7 Å². The first kappa shape index (κ1) is 13.2. The van der Waals surface area contributed by atoms with Gasteiger partial charge in [0.1, 0.15) is 23.7 Å². The Balaban J connectivity index is 1.69. The van der Waals surface area contributed by atoms with Gasteiger partial charge in [0, 0.05) is 5.56 Å². The van der Waals surface area contributed by atoms with Crippen LogP contribution in [0.3, 0.4) is 0 Å². The molecular weight excluding hydrogens is 256 g/mol. The molecule has 3 atom stereocenters. The molecule has 0 aromatic heterocycles. The molecule has 1 fully saturated rings. The summed E-state index contributed by atoms with van der Waals surface area (Å²) in [6.07, 6.45) is 4.17. The number of fused-ring (bicyclic) bond motifs is 1. The lowest BCUT2D eigenvalue weighted by molar-refractivity contribution is -0.261. The summed E-state index contributed by atoms with van der Waals surface area (Å²) in [5.74, 6) is 1.63. The predicted molar refractivity (Wildman–Crippen MR) is 74.3 cm³/mol. The Kier molecular flexibility index (Phi) is 3.76. The minimum atomic E-state index is -0.343. The zero-order chi connectivity index (χ0) is 13.9. The fourth-order valence-electron chi connectivity index (χ4n) is 2.41. The minimum absolute atomic E-state index is 0.0274. The van der Waals surface area contributed by atoms with Crippen LogP contribution in [-0.4, -0.2) is 25.9 Å². The van der Waals surface area contributed by atoms with Gasteiger partial charge in [-0.15, -0.1) is 0 Å². The molecule has 0 spiro atoms. The smallest absolute Gasteiger partial charge is 0.184 e. The van der Waals surface area contributed by atoms with E-state index >= 15 is 0 Å². The number of ether oxygens (including phenoxy) is 4. The van der Waals surface area contributed by atoms with Crippen molar-refractivity contribution in [1.29, 1.82) is 0 Å². The molecular formula is C16H18O4. The Morgan fingerprint density at radius 1 is 1.25 bits per heavy atom. The number of methoxy groups -OCH3 is 1. The lowest BCUT2D eigenvalue weighted by Gasteiger charge is -2.38. The van der Waals surface area contributed by atoms with Crippen molar-refractivity contribution in [3.8, 4) is 5.75 Å². The highest BCUT2D eigenvalue weighted by Crippen LogP contribution is 2.33. The Morgan fingerprint density at radius 2 is 2.05 bits per heavy atom. The Morgan fingerprint density at radius 3 is 2.75 bits per heavy atom. The molecule has 1 saturated heterocycles. The topological polar surface area (TPSA) is 36.9 Å². The normalized spacial score (nSPS) is 28.9. The van der Waals surface area contributed by atoms with Crippen LogP contribution in [0.15, 0.2) is 48.8 Å². The molecule has 0 unspecified atom stereocenters. The van der Waals surface area contributed by atoms with Crippen LogP contribution >= 0.6 is 0 Å². The summed E-state index contributed by atoms with van der Waals surface area (Å²) in [5, 5.41) is 0. The fourth-order valence-corrected chi connectivity index (χ4v) is 2.41. The summed E-state index contributed by atoms with van der Waals surface area (Å²) in [6.45, 7) is 4.23. The molecule has 3 rings (SSSR count). The Labute approximate surface area is 118 Å². The summed E-state index contributed by atoms with van der Waals surface area (Å²) in [4.78, 5) is 0. The van der Waals surface area contributed by atoms with Gasteiger partial charge in [-0.2, -0.15) is 0 Å². The molecule has 0 radical (unpaired) electrons. The first-order chi connectivity index (χ1) is 9.80. The average Bonchev–Trinajstić information content (AvgIpc) is 2.54.